The van der Waals surface area contributed by atoms with Crippen molar-refractivity contribution in [2.24, 2.45) is 5.73 Å². The zero-order chi connectivity index (χ0) is 18.0. The monoisotopic (exact) mass is 338 g/mol. The number of amides is 1. The summed E-state index contributed by atoms with van der Waals surface area (Å²) in [6.07, 6.45) is 0.909. The van der Waals surface area contributed by atoms with E-state index in [2.05, 4.69) is 11.9 Å². The smallest absolute Gasteiger partial charge is 0.265 e. The molecule has 5 nitrogen and oxygen atoms in total. The third-order valence-electron chi connectivity index (χ3n) is 4.09. The number of H-pyrrole nitrogens is 1. The molecule has 3 aromatic rings. The number of fused-ring (bicyclic) bond motifs is 1. The Balaban J connectivity index is 2.03. The number of rotatable bonds is 6. The van der Waals surface area contributed by atoms with E-state index >= 15 is 0 Å². The quantitative estimate of drug-likeness (QED) is 0.692. The minimum absolute atomic E-state index is 0.0400. The van der Waals surface area contributed by atoms with Gasteiger partial charge in [-0.15, -0.1) is 0 Å². The van der Waals surface area contributed by atoms with E-state index in [-0.39, 0.29) is 6.10 Å². The van der Waals surface area contributed by atoms with E-state index in [1.54, 1.807) is 6.07 Å². The van der Waals surface area contributed by atoms with Gasteiger partial charge in [-0.3, -0.25) is 4.79 Å². The fraction of sp³-hybridized carbons (Fsp3) is 0.250. The van der Waals surface area contributed by atoms with Crippen LogP contribution in [0.5, 0.6) is 17.2 Å². The predicted molar refractivity (Wildman–Crippen MR) is 98.5 cm³/mol. The van der Waals surface area contributed by atoms with Gasteiger partial charge in [0.15, 0.2) is 0 Å². The molecule has 1 unspecified atom stereocenters. The first kappa shape index (κ1) is 16.9. The Kier molecular flexibility index (Phi) is 4.65. The van der Waals surface area contributed by atoms with Crippen molar-refractivity contribution in [1.82, 2.24) is 4.98 Å². The van der Waals surface area contributed by atoms with Gasteiger partial charge < -0.3 is 20.2 Å². The Labute approximate surface area is 146 Å². The summed E-state index contributed by atoms with van der Waals surface area (Å²) in [6, 6.07) is 13.2. The lowest BCUT2D eigenvalue weighted by Gasteiger charge is -2.15. The van der Waals surface area contributed by atoms with Crippen LogP contribution >= 0.6 is 0 Å². The van der Waals surface area contributed by atoms with Crippen LogP contribution in [-0.4, -0.2) is 17.0 Å². The molecule has 0 spiro atoms. The standard InChI is InChI=1S/C20H22N2O3/c1-4-13(3)24-18-11-16(25-15-7-5-12(2)6-8-15)9-14-10-17(20(21)23)22-19(14)18/h5-11,13,22H,4H2,1-3H3,(H2,21,23). The molecule has 1 atom stereocenters. The molecule has 0 fully saturated rings. The number of benzene rings is 2. The summed E-state index contributed by atoms with van der Waals surface area (Å²) in [5, 5.41) is 0.816. The van der Waals surface area contributed by atoms with Gasteiger partial charge in [-0.25, -0.2) is 0 Å². The second-order valence-electron chi connectivity index (χ2n) is 6.18. The summed E-state index contributed by atoms with van der Waals surface area (Å²) in [5.74, 6) is 1.52. The molecule has 3 N–H and O–H groups in total. The molecule has 5 heteroatoms. The van der Waals surface area contributed by atoms with Crippen molar-refractivity contribution in [1.29, 1.82) is 0 Å². The maximum Gasteiger partial charge on any atom is 0.265 e. The van der Waals surface area contributed by atoms with Gasteiger partial charge in [0.1, 0.15) is 22.9 Å². The van der Waals surface area contributed by atoms with Gasteiger partial charge >= 0.3 is 0 Å². The van der Waals surface area contributed by atoms with E-state index in [4.69, 9.17) is 15.2 Å². The second-order valence-corrected chi connectivity index (χ2v) is 6.18. The van der Waals surface area contributed by atoms with Crippen LogP contribution < -0.4 is 15.2 Å². The maximum atomic E-state index is 11.5. The van der Waals surface area contributed by atoms with Crippen molar-refractivity contribution in [2.75, 3.05) is 0 Å². The van der Waals surface area contributed by atoms with Gasteiger partial charge in [-0.1, -0.05) is 24.6 Å². The molecule has 1 amide bonds. The normalized spacial score (nSPS) is 12.1. The average Bonchev–Trinajstić information content (AvgIpc) is 3.01. The second kappa shape index (κ2) is 6.89. The van der Waals surface area contributed by atoms with E-state index in [1.807, 2.05) is 50.2 Å². The van der Waals surface area contributed by atoms with Crippen LogP contribution in [-0.2, 0) is 0 Å². The molecule has 0 saturated carbocycles. The molecular weight excluding hydrogens is 316 g/mol. The Hall–Kier alpha value is -2.95. The molecule has 2 aromatic carbocycles. The number of carbonyl (C=O) groups is 1. The number of aromatic nitrogens is 1. The third kappa shape index (κ3) is 3.76. The molecular formula is C20H22N2O3. The molecule has 0 saturated heterocycles. The summed E-state index contributed by atoms with van der Waals surface area (Å²) in [5.41, 5.74) is 7.64. The van der Waals surface area contributed by atoms with E-state index in [0.717, 1.165) is 23.1 Å². The van der Waals surface area contributed by atoms with Crippen molar-refractivity contribution in [3.05, 3.63) is 53.7 Å². The molecule has 0 aliphatic heterocycles. The van der Waals surface area contributed by atoms with Gasteiger partial charge in [-0.05, 0) is 44.5 Å². The molecule has 1 aromatic heterocycles. The fourth-order valence-electron chi connectivity index (χ4n) is 2.51. The van der Waals surface area contributed by atoms with E-state index < -0.39 is 5.91 Å². The summed E-state index contributed by atoms with van der Waals surface area (Å²) in [4.78, 5) is 14.5. The fourth-order valence-corrected chi connectivity index (χ4v) is 2.51. The SMILES string of the molecule is CCC(C)Oc1cc(Oc2ccc(C)cc2)cc2cc(C(N)=O)[nH]c12. The number of carbonyl (C=O) groups excluding carboxylic acids is 1. The lowest BCUT2D eigenvalue weighted by atomic mass is 10.2. The van der Waals surface area contributed by atoms with Gasteiger partial charge in [0.2, 0.25) is 0 Å². The first-order chi connectivity index (χ1) is 12.0. The van der Waals surface area contributed by atoms with Crippen LogP contribution in [0, 0.1) is 6.92 Å². The Morgan fingerprint density at radius 2 is 1.88 bits per heavy atom. The van der Waals surface area contributed by atoms with Crippen molar-refractivity contribution in [3.8, 4) is 17.2 Å². The number of primary amides is 1. The molecule has 25 heavy (non-hydrogen) atoms. The molecule has 130 valence electrons. The van der Waals surface area contributed by atoms with Gasteiger partial charge in [-0.2, -0.15) is 0 Å². The van der Waals surface area contributed by atoms with Gasteiger partial charge in [0.05, 0.1) is 11.6 Å². The van der Waals surface area contributed by atoms with Crippen LogP contribution in [0.3, 0.4) is 0 Å². The highest BCUT2D eigenvalue weighted by Crippen LogP contribution is 2.34. The van der Waals surface area contributed by atoms with Gasteiger partial charge in [0, 0.05) is 11.5 Å². The van der Waals surface area contributed by atoms with Gasteiger partial charge in [0.25, 0.3) is 5.91 Å². The summed E-state index contributed by atoms with van der Waals surface area (Å²) in [6.45, 7) is 6.08. The highest BCUT2D eigenvalue weighted by Gasteiger charge is 2.14. The number of hydrogen-bond acceptors (Lipinski definition) is 3. The van der Waals surface area contributed by atoms with E-state index in [9.17, 15) is 4.79 Å². The van der Waals surface area contributed by atoms with E-state index in [1.165, 1.54) is 5.56 Å². The van der Waals surface area contributed by atoms with Crippen LogP contribution in [0.4, 0.5) is 0 Å². The molecule has 3 rings (SSSR count). The van der Waals surface area contributed by atoms with E-state index in [0.29, 0.717) is 17.2 Å². The largest absolute Gasteiger partial charge is 0.488 e. The Morgan fingerprint density at radius 3 is 2.52 bits per heavy atom. The lowest BCUT2D eigenvalue weighted by Crippen LogP contribution is -2.11. The first-order valence-corrected chi connectivity index (χ1v) is 8.34. The average molecular weight is 338 g/mol. The molecule has 1 heterocycles. The molecule has 0 aliphatic carbocycles. The summed E-state index contributed by atoms with van der Waals surface area (Å²) < 4.78 is 12.0. The first-order valence-electron chi connectivity index (χ1n) is 8.34. The van der Waals surface area contributed by atoms with Crippen molar-refractivity contribution in [2.45, 2.75) is 33.3 Å². The number of aromatic amines is 1. The van der Waals surface area contributed by atoms with Crippen LogP contribution in [0.1, 0.15) is 36.3 Å². The molecule has 0 radical (unpaired) electrons. The number of ether oxygens (including phenoxy) is 2. The zero-order valence-electron chi connectivity index (χ0n) is 14.6. The van der Waals surface area contributed by atoms with Crippen molar-refractivity contribution < 1.29 is 14.3 Å². The summed E-state index contributed by atoms with van der Waals surface area (Å²) in [7, 11) is 0. The highest BCUT2D eigenvalue weighted by atomic mass is 16.5. The minimum Gasteiger partial charge on any atom is -0.488 e. The topological polar surface area (TPSA) is 77.3 Å². The number of hydrogen-bond donors (Lipinski definition) is 2. The lowest BCUT2D eigenvalue weighted by molar-refractivity contribution is 0.0996. The Bertz CT molecular complexity index is 897. The van der Waals surface area contributed by atoms with Crippen LogP contribution in [0.15, 0.2) is 42.5 Å². The van der Waals surface area contributed by atoms with Crippen molar-refractivity contribution in [3.63, 3.8) is 0 Å². The Morgan fingerprint density at radius 1 is 1.16 bits per heavy atom. The summed E-state index contributed by atoms with van der Waals surface area (Å²) >= 11 is 0. The van der Waals surface area contributed by atoms with Crippen LogP contribution in [0.25, 0.3) is 10.9 Å². The number of nitrogens with two attached hydrogens (primary N) is 1. The third-order valence-corrected chi connectivity index (χ3v) is 4.09. The van der Waals surface area contributed by atoms with Crippen molar-refractivity contribution >= 4 is 16.8 Å². The molecule has 0 bridgehead atoms. The minimum atomic E-state index is -0.508. The maximum absolute atomic E-state index is 11.5. The number of aryl methyl sites for hydroxylation is 1. The zero-order valence-corrected chi connectivity index (χ0v) is 14.6. The number of nitrogens with one attached hydrogen (secondary N) is 1. The highest BCUT2D eigenvalue weighted by molar-refractivity contribution is 5.99. The molecule has 0 aliphatic rings. The van der Waals surface area contributed by atoms with Crippen LogP contribution in [0.2, 0.25) is 0 Å². The predicted octanol–water partition coefficient (Wildman–Crippen LogP) is 4.54.